The van der Waals surface area contributed by atoms with Gasteiger partial charge in [-0.15, -0.1) is 0 Å². The molecule has 0 unspecified atom stereocenters. The zero-order chi connectivity index (χ0) is 15.6. The molecule has 0 aliphatic rings. The van der Waals surface area contributed by atoms with Crippen LogP contribution in [0.3, 0.4) is 0 Å². The lowest BCUT2D eigenvalue weighted by molar-refractivity contribution is 0.0695. The second kappa shape index (κ2) is 6.05. The number of aryl methyl sites for hydroxylation is 2. The number of hydrogen-bond acceptors (Lipinski definition) is 3. The summed E-state index contributed by atoms with van der Waals surface area (Å²) in [4.78, 5) is 27.1. The van der Waals surface area contributed by atoms with Crippen molar-refractivity contribution in [1.29, 1.82) is 0 Å². The Hall–Kier alpha value is -2.21. The van der Waals surface area contributed by atoms with Crippen LogP contribution in [-0.4, -0.2) is 22.0 Å². The maximum absolute atomic E-state index is 12.2. The van der Waals surface area contributed by atoms with Crippen LogP contribution in [0.15, 0.2) is 34.8 Å². The highest BCUT2D eigenvalue weighted by Crippen LogP contribution is 2.21. The van der Waals surface area contributed by atoms with Crippen molar-refractivity contribution in [2.45, 2.75) is 13.8 Å². The highest BCUT2D eigenvalue weighted by Gasteiger charge is 2.14. The number of nitrogens with one attached hydrogen (secondary N) is 1. The van der Waals surface area contributed by atoms with Crippen LogP contribution in [-0.2, 0) is 0 Å². The van der Waals surface area contributed by atoms with Crippen LogP contribution in [0, 0.1) is 13.8 Å². The van der Waals surface area contributed by atoms with E-state index in [4.69, 9.17) is 5.11 Å². The first-order valence-electron chi connectivity index (χ1n) is 6.17. The number of carbonyl (C=O) groups excluding carboxylic acids is 1. The van der Waals surface area contributed by atoms with Gasteiger partial charge < -0.3 is 10.4 Å². The predicted octanol–water partition coefficient (Wildman–Crippen LogP) is 3.41. The first kappa shape index (κ1) is 15.2. The van der Waals surface area contributed by atoms with Crippen molar-refractivity contribution in [2.75, 3.05) is 5.32 Å². The number of anilines is 1. The molecule has 0 bridgehead atoms. The summed E-state index contributed by atoms with van der Waals surface area (Å²) in [6.07, 6.45) is 0. The van der Waals surface area contributed by atoms with E-state index >= 15 is 0 Å². The third-order valence-electron chi connectivity index (χ3n) is 3.00. The lowest BCUT2D eigenvalue weighted by Crippen LogP contribution is -2.16. The van der Waals surface area contributed by atoms with Crippen LogP contribution < -0.4 is 5.32 Å². The van der Waals surface area contributed by atoms with E-state index in [9.17, 15) is 9.59 Å². The van der Waals surface area contributed by atoms with Gasteiger partial charge in [-0.05, 0) is 43.7 Å². The van der Waals surface area contributed by atoms with E-state index < -0.39 is 5.97 Å². The molecule has 1 aromatic heterocycles. The first-order valence-corrected chi connectivity index (χ1v) is 6.96. The number of amides is 1. The standard InChI is InChI=1S/C15H13BrN2O3/c1-8-3-4-10(16)7-13(8)18-14(19)12-6-5-11(15(20)21)9(2)17-12/h3-7H,1-2H3,(H,18,19)(H,20,21). The molecule has 0 saturated heterocycles. The van der Waals surface area contributed by atoms with E-state index in [0.29, 0.717) is 11.4 Å². The van der Waals surface area contributed by atoms with Crippen LogP contribution in [0.4, 0.5) is 5.69 Å². The summed E-state index contributed by atoms with van der Waals surface area (Å²) in [5, 5.41) is 11.7. The Morgan fingerprint density at radius 1 is 1.19 bits per heavy atom. The minimum Gasteiger partial charge on any atom is -0.478 e. The number of rotatable bonds is 3. The van der Waals surface area contributed by atoms with Crippen LogP contribution in [0.2, 0.25) is 0 Å². The summed E-state index contributed by atoms with van der Waals surface area (Å²) < 4.78 is 0.855. The number of halogens is 1. The second-order valence-corrected chi connectivity index (χ2v) is 5.46. The molecule has 0 fully saturated rings. The zero-order valence-electron chi connectivity index (χ0n) is 11.5. The predicted molar refractivity (Wildman–Crippen MR) is 82.8 cm³/mol. The molecule has 21 heavy (non-hydrogen) atoms. The maximum atomic E-state index is 12.2. The van der Waals surface area contributed by atoms with Gasteiger partial charge in [0.15, 0.2) is 0 Å². The van der Waals surface area contributed by atoms with E-state index in [1.165, 1.54) is 12.1 Å². The number of pyridine rings is 1. The fourth-order valence-electron chi connectivity index (χ4n) is 1.83. The number of nitrogens with zero attached hydrogens (tertiary/aromatic N) is 1. The SMILES string of the molecule is Cc1ccc(Br)cc1NC(=O)c1ccc(C(=O)O)c(C)n1. The lowest BCUT2D eigenvalue weighted by atomic mass is 10.1. The molecular formula is C15H13BrN2O3. The van der Waals surface area contributed by atoms with Crippen molar-refractivity contribution in [3.63, 3.8) is 0 Å². The maximum Gasteiger partial charge on any atom is 0.337 e. The van der Waals surface area contributed by atoms with Gasteiger partial charge in [-0.25, -0.2) is 9.78 Å². The van der Waals surface area contributed by atoms with Crippen molar-refractivity contribution >= 4 is 33.5 Å². The molecule has 5 nitrogen and oxygen atoms in total. The Balaban J connectivity index is 2.26. The first-order chi connectivity index (χ1) is 9.88. The molecule has 0 atom stereocenters. The Kier molecular flexibility index (Phi) is 4.37. The van der Waals surface area contributed by atoms with E-state index in [0.717, 1.165) is 10.0 Å². The molecule has 1 amide bonds. The molecule has 0 aliphatic heterocycles. The highest BCUT2D eigenvalue weighted by molar-refractivity contribution is 9.10. The quantitative estimate of drug-likeness (QED) is 0.890. The molecule has 1 heterocycles. The van der Waals surface area contributed by atoms with Crippen LogP contribution >= 0.6 is 15.9 Å². The van der Waals surface area contributed by atoms with Crippen molar-refractivity contribution in [1.82, 2.24) is 4.98 Å². The molecule has 0 radical (unpaired) electrons. The van der Waals surface area contributed by atoms with Crippen molar-refractivity contribution in [3.05, 3.63) is 57.3 Å². The zero-order valence-corrected chi connectivity index (χ0v) is 13.1. The van der Waals surface area contributed by atoms with E-state index in [-0.39, 0.29) is 17.2 Å². The largest absolute Gasteiger partial charge is 0.478 e. The number of benzene rings is 1. The normalized spacial score (nSPS) is 10.2. The summed E-state index contributed by atoms with van der Waals surface area (Å²) in [7, 11) is 0. The van der Waals surface area contributed by atoms with Gasteiger partial charge in [-0.3, -0.25) is 4.79 Å². The molecule has 1 aromatic carbocycles. The number of aromatic nitrogens is 1. The molecule has 2 aromatic rings. The molecule has 2 rings (SSSR count). The van der Waals surface area contributed by atoms with Crippen LogP contribution in [0.1, 0.15) is 32.1 Å². The van der Waals surface area contributed by atoms with Gasteiger partial charge in [0.2, 0.25) is 0 Å². The second-order valence-electron chi connectivity index (χ2n) is 4.55. The molecular weight excluding hydrogens is 336 g/mol. The summed E-state index contributed by atoms with van der Waals surface area (Å²) >= 11 is 3.35. The van der Waals surface area contributed by atoms with Gasteiger partial charge >= 0.3 is 5.97 Å². The number of carbonyl (C=O) groups is 2. The highest BCUT2D eigenvalue weighted by atomic mass is 79.9. The van der Waals surface area contributed by atoms with Crippen LogP contribution in [0.5, 0.6) is 0 Å². The van der Waals surface area contributed by atoms with Gasteiger partial charge in [0, 0.05) is 10.2 Å². The third-order valence-corrected chi connectivity index (χ3v) is 3.49. The monoisotopic (exact) mass is 348 g/mol. The smallest absolute Gasteiger partial charge is 0.337 e. The molecule has 0 saturated carbocycles. The van der Waals surface area contributed by atoms with Crippen LogP contribution in [0.25, 0.3) is 0 Å². The number of hydrogen-bond donors (Lipinski definition) is 2. The topological polar surface area (TPSA) is 79.3 Å². The minimum atomic E-state index is -1.06. The summed E-state index contributed by atoms with van der Waals surface area (Å²) in [5.74, 6) is -1.44. The van der Waals surface area contributed by atoms with Gasteiger partial charge in [-0.1, -0.05) is 22.0 Å². The molecule has 0 aliphatic carbocycles. The van der Waals surface area contributed by atoms with Gasteiger partial charge in [0.25, 0.3) is 5.91 Å². The number of carboxylic acid groups (broad SMARTS) is 1. The Labute approximate surface area is 130 Å². The van der Waals surface area contributed by atoms with Gasteiger partial charge in [0.1, 0.15) is 5.69 Å². The van der Waals surface area contributed by atoms with Crippen molar-refractivity contribution in [3.8, 4) is 0 Å². The minimum absolute atomic E-state index is 0.0881. The Morgan fingerprint density at radius 2 is 1.90 bits per heavy atom. The molecule has 108 valence electrons. The number of carboxylic acids is 1. The molecule has 6 heteroatoms. The Bertz CT molecular complexity index is 729. The average molecular weight is 349 g/mol. The average Bonchev–Trinajstić information content (AvgIpc) is 2.42. The summed E-state index contributed by atoms with van der Waals surface area (Å²) in [6, 6.07) is 8.35. The summed E-state index contributed by atoms with van der Waals surface area (Å²) in [5.41, 5.74) is 2.17. The molecule has 2 N–H and O–H groups in total. The lowest BCUT2D eigenvalue weighted by Gasteiger charge is -2.09. The fourth-order valence-corrected chi connectivity index (χ4v) is 2.19. The van der Waals surface area contributed by atoms with Crippen molar-refractivity contribution in [2.24, 2.45) is 0 Å². The molecule has 0 spiro atoms. The number of aromatic carboxylic acids is 1. The van der Waals surface area contributed by atoms with E-state index in [2.05, 4.69) is 26.2 Å². The van der Waals surface area contributed by atoms with Gasteiger partial charge in [-0.2, -0.15) is 0 Å². The van der Waals surface area contributed by atoms with Gasteiger partial charge in [0.05, 0.1) is 11.3 Å². The summed E-state index contributed by atoms with van der Waals surface area (Å²) in [6.45, 7) is 3.44. The third kappa shape index (κ3) is 3.46. The van der Waals surface area contributed by atoms with E-state index in [1.807, 2.05) is 19.1 Å². The fraction of sp³-hybridized carbons (Fsp3) is 0.133. The van der Waals surface area contributed by atoms with E-state index in [1.54, 1.807) is 13.0 Å². The van der Waals surface area contributed by atoms with Crippen molar-refractivity contribution < 1.29 is 14.7 Å². The Morgan fingerprint density at radius 3 is 2.52 bits per heavy atom.